The molecule has 1 fully saturated rings. The highest BCUT2D eigenvalue weighted by Gasteiger charge is 2.34. The van der Waals surface area contributed by atoms with Crippen LogP contribution >= 0.6 is 22.9 Å². The molecular formula is C14H22ClNO3S2. The Morgan fingerprint density at radius 3 is 2.57 bits per heavy atom. The van der Waals surface area contributed by atoms with E-state index >= 15 is 0 Å². The third kappa shape index (κ3) is 4.20. The van der Waals surface area contributed by atoms with E-state index < -0.39 is 15.6 Å². The van der Waals surface area contributed by atoms with E-state index in [-0.39, 0.29) is 10.8 Å². The molecule has 0 amide bonds. The van der Waals surface area contributed by atoms with E-state index in [2.05, 4.69) is 11.6 Å². The van der Waals surface area contributed by atoms with Crippen molar-refractivity contribution >= 4 is 33.0 Å². The molecule has 1 heterocycles. The topological polar surface area (TPSA) is 66.4 Å². The van der Waals surface area contributed by atoms with Gasteiger partial charge in [-0.05, 0) is 50.2 Å². The van der Waals surface area contributed by atoms with Gasteiger partial charge in [0.2, 0.25) is 10.0 Å². The summed E-state index contributed by atoms with van der Waals surface area (Å²) in [5.41, 5.74) is -0.168. The second-order valence-electron chi connectivity index (χ2n) is 5.92. The van der Waals surface area contributed by atoms with Crippen LogP contribution in [0.1, 0.15) is 44.6 Å². The van der Waals surface area contributed by atoms with E-state index in [0.717, 1.165) is 36.2 Å². The molecule has 120 valence electrons. The number of halogens is 1. The lowest BCUT2D eigenvalue weighted by atomic mass is 9.78. The predicted molar refractivity (Wildman–Crippen MR) is 86.5 cm³/mol. The Morgan fingerprint density at radius 1 is 1.48 bits per heavy atom. The predicted octanol–water partition coefficient (Wildman–Crippen LogP) is 3.32. The lowest BCUT2D eigenvalue weighted by molar-refractivity contribution is -0.00441. The van der Waals surface area contributed by atoms with Gasteiger partial charge in [0.15, 0.2) is 0 Å². The Labute approximate surface area is 135 Å². The van der Waals surface area contributed by atoms with Crippen LogP contribution in [0.25, 0.3) is 0 Å². The molecule has 2 rings (SSSR count). The van der Waals surface area contributed by atoms with Crippen LogP contribution in [0.5, 0.6) is 0 Å². The molecular weight excluding hydrogens is 330 g/mol. The molecule has 1 aromatic heterocycles. The van der Waals surface area contributed by atoms with Gasteiger partial charge in [-0.3, -0.25) is 0 Å². The van der Waals surface area contributed by atoms with Crippen LogP contribution in [0.4, 0.5) is 0 Å². The van der Waals surface area contributed by atoms with E-state index in [1.165, 1.54) is 0 Å². The van der Waals surface area contributed by atoms with Crippen molar-refractivity contribution in [3.63, 3.8) is 0 Å². The first-order valence-electron chi connectivity index (χ1n) is 7.24. The third-order valence-electron chi connectivity index (χ3n) is 4.30. The summed E-state index contributed by atoms with van der Waals surface area (Å²) in [4.78, 5) is 0. The zero-order valence-corrected chi connectivity index (χ0v) is 14.7. The van der Waals surface area contributed by atoms with Crippen LogP contribution in [0.2, 0.25) is 4.34 Å². The van der Waals surface area contributed by atoms with Crippen molar-refractivity contribution in [1.82, 2.24) is 4.72 Å². The number of hydrogen-bond donors (Lipinski definition) is 2. The zero-order valence-electron chi connectivity index (χ0n) is 12.4. The fraction of sp³-hybridized carbons (Fsp3) is 0.714. The summed E-state index contributed by atoms with van der Waals surface area (Å²) in [5.74, 6) is 0.653. The number of hydrogen-bond acceptors (Lipinski definition) is 4. The Kier molecular flexibility index (Phi) is 5.36. The number of nitrogens with one attached hydrogen (secondary N) is 1. The molecule has 0 aliphatic heterocycles. The van der Waals surface area contributed by atoms with Crippen molar-refractivity contribution < 1.29 is 13.5 Å². The lowest BCUT2D eigenvalue weighted by Crippen LogP contribution is -2.45. The molecule has 7 heteroatoms. The molecule has 1 aromatic rings. The smallest absolute Gasteiger partial charge is 0.250 e. The average Bonchev–Trinajstić information content (AvgIpc) is 2.79. The molecule has 0 bridgehead atoms. The second kappa shape index (κ2) is 6.54. The largest absolute Gasteiger partial charge is 0.389 e. The van der Waals surface area contributed by atoms with Gasteiger partial charge in [-0.25, -0.2) is 13.1 Å². The molecule has 0 radical (unpaired) electrons. The molecule has 0 unspecified atom stereocenters. The highest BCUT2D eigenvalue weighted by molar-refractivity contribution is 7.91. The molecule has 1 saturated carbocycles. The van der Waals surface area contributed by atoms with E-state index in [0.29, 0.717) is 23.1 Å². The van der Waals surface area contributed by atoms with Gasteiger partial charge in [-0.2, -0.15) is 0 Å². The fourth-order valence-electron chi connectivity index (χ4n) is 2.66. The van der Waals surface area contributed by atoms with Gasteiger partial charge in [0.1, 0.15) is 4.21 Å². The first kappa shape index (κ1) is 17.2. The van der Waals surface area contributed by atoms with Crippen LogP contribution in [0, 0.1) is 12.8 Å². The number of sulfonamides is 1. The summed E-state index contributed by atoms with van der Waals surface area (Å²) in [6, 6.07) is 1.56. The molecule has 0 atom stereocenters. The van der Waals surface area contributed by atoms with E-state index in [4.69, 9.17) is 11.6 Å². The first-order valence-corrected chi connectivity index (χ1v) is 9.91. The Hall–Kier alpha value is -0.140. The number of aliphatic hydroxyl groups is 1. The highest BCUT2D eigenvalue weighted by Crippen LogP contribution is 2.34. The van der Waals surface area contributed by atoms with Crippen LogP contribution in [0.3, 0.4) is 0 Å². The molecule has 0 spiro atoms. The normalized spacial score (nSPS) is 27.0. The second-order valence-corrected chi connectivity index (χ2v) is 9.57. The Bertz CT molecular complexity index is 570. The molecule has 0 saturated heterocycles. The van der Waals surface area contributed by atoms with Gasteiger partial charge in [-0.1, -0.05) is 24.9 Å². The summed E-state index contributed by atoms with van der Waals surface area (Å²) >= 11 is 6.96. The highest BCUT2D eigenvalue weighted by atomic mass is 35.5. The fourth-order valence-corrected chi connectivity index (χ4v) is 5.54. The van der Waals surface area contributed by atoms with Crippen LogP contribution in [-0.4, -0.2) is 25.7 Å². The first-order chi connectivity index (χ1) is 9.76. The molecule has 21 heavy (non-hydrogen) atoms. The van der Waals surface area contributed by atoms with Crippen LogP contribution in [0.15, 0.2) is 10.3 Å². The minimum Gasteiger partial charge on any atom is -0.389 e. The summed E-state index contributed by atoms with van der Waals surface area (Å²) < 4.78 is 27.7. The molecule has 4 nitrogen and oxygen atoms in total. The number of thiophene rings is 1. The van der Waals surface area contributed by atoms with E-state index in [9.17, 15) is 13.5 Å². The van der Waals surface area contributed by atoms with Crippen molar-refractivity contribution in [1.29, 1.82) is 0 Å². The minimum absolute atomic E-state index is 0.0698. The van der Waals surface area contributed by atoms with Gasteiger partial charge < -0.3 is 5.11 Å². The molecule has 0 aromatic carbocycles. The van der Waals surface area contributed by atoms with E-state index in [1.807, 2.05) is 0 Å². The monoisotopic (exact) mass is 351 g/mol. The summed E-state index contributed by atoms with van der Waals surface area (Å²) in [7, 11) is -3.59. The summed E-state index contributed by atoms with van der Waals surface area (Å²) in [5, 5.41) is 10.5. The quantitative estimate of drug-likeness (QED) is 0.855. The molecule has 1 aliphatic rings. The maximum Gasteiger partial charge on any atom is 0.250 e. The molecule has 2 N–H and O–H groups in total. The Morgan fingerprint density at radius 2 is 2.10 bits per heavy atom. The van der Waals surface area contributed by atoms with Crippen molar-refractivity contribution in [3.05, 3.63) is 16.0 Å². The Balaban J connectivity index is 1.99. The standard InChI is InChI=1S/C14H22ClNO3S2/c1-3-11-4-6-14(17,7-5-11)9-16-21(18,19)12-8-10(2)13(15)20-12/h8,11,16-17H,3-7,9H2,1-2H3. The van der Waals surface area contributed by atoms with Gasteiger partial charge in [0.25, 0.3) is 0 Å². The van der Waals surface area contributed by atoms with Gasteiger partial charge in [-0.15, -0.1) is 11.3 Å². The number of aryl methyl sites for hydroxylation is 1. The van der Waals surface area contributed by atoms with Crippen LogP contribution < -0.4 is 4.72 Å². The van der Waals surface area contributed by atoms with Crippen molar-refractivity contribution in [2.24, 2.45) is 5.92 Å². The maximum absolute atomic E-state index is 12.2. The SMILES string of the molecule is CCC1CCC(O)(CNS(=O)(=O)c2cc(C)c(Cl)s2)CC1. The van der Waals surface area contributed by atoms with Crippen LogP contribution in [-0.2, 0) is 10.0 Å². The zero-order chi connectivity index (χ0) is 15.7. The van der Waals surface area contributed by atoms with Crippen molar-refractivity contribution in [3.8, 4) is 0 Å². The van der Waals surface area contributed by atoms with Gasteiger partial charge in [0.05, 0.1) is 9.94 Å². The van der Waals surface area contributed by atoms with Crippen molar-refractivity contribution in [2.75, 3.05) is 6.54 Å². The maximum atomic E-state index is 12.2. The van der Waals surface area contributed by atoms with Gasteiger partial charge >= 0.3 is 0 Å². The minimum atomic E-state index is -3.59. The average molecular weight is 352 g/mol. The third-order valence-corrected chi connectivity index (χ3v) is 7.73. The number of rotatable bonds is 5. The lowest BCUT2D eigenvalue weighted by Gasteiger charge is -2.35. The van der Waals surface area contributed by atoms with Gasteiger partial charge in [0, 0.05) is 6.54 Å². The van der Waals surface area contributed by atoms with E-state index in [1.54, 1.807) is 13.0 Å². The molecule has 1 aliphatic carbocycles. The van der Waals surface area contributed by atoms with Crippen molar-refractivity contribution in [2.45, 2.75) is 55.8 Å². The summed E-state index contributed by atoms with van der Waals surface area (Å²) in [6.07, 6.45) is 4.34. The summed E-state index contributed by atoms with van der Waals surface area (Å²) in [6.45, 7) is 4.00.